The Labute approximate surface area is 360 Å². The van der Waals surface area contributed by atoms with Gasteiger partial charge in [0, 0.05) is 41.0 Å². The molecule has 3 heterocycles. The highest BCUT2D eigenvalue weighted by molar-refractivity contribution is 7.87. The molecule has 61 heavy (non-hydrogen) atoms. The van der Waals surface area contributed by atoms with E-state index in [4.69, 9.17) is 29.2 Å². The zero-order valence-electron chi connectivity index (χ0n) is 35.4. The lowest BCUT2D eigenvalue weighted by atomic mass is 9.56. The van der Waals surface area contributed by atoms with E-state index in [0.29, 0.717) is 17.2 Å². The van der Waals surface area contributed by atoms with Crippen LogP contribution in [-0.2, 0) is 11.2 Å². The van der Waals surface area contributed by atoms with Gasteiger partial charge in [-0.05, 0) is 107 Å². The van der Waals surface area contributed by atoms with Crippen LogP contribution in [0.5, 0.6) is 11.5 Å². The smallest absolute Gasteiger partial charge is 0.410 e. The first-order valence-corrected chi connectivity index (χ1v) is 23.4. The summed E-state index contributed by atoms with van der Waals surface area (Å²) in [5.41, 5.74) is 3.62. The molecule has 9 rings (SSSR count). The third-order valence-electron chi connectivity index (χ3n) is 12.5. The number of hydrogen-bond donors (Lipinski definition) is 0. The first-order valence-electron chi connectivity index (χ1n) is 21.7. The zero-order valence-corrected chi connectivity index (χ0v) is 36.3. The summed E-state index contributed by atoms with van der Waals surface area (Å²) in [7, 11) is -2.63. The van der Waals surface area contributed by atoms with Crippen LogP contribution in [0.1, 0.15) is 76.1 Å². The van der Waals surface area contributed by atoms with Gasteiger partial charge in [0.25, 0.3) is 0 Å². The SMILES string of the molecule is CC(C)(C)OC(=O)N1CCC2(CC1)CC(CCC1Cc3ncnc(N=P(c4ccccc4)(c4ccccc4)c4ccccc4)c3C(c3ccc(Oc4ccccc4)cc3)=N1)C2. The van der Waals surface area contributed by atoms with Crippen LogP contribution < -0.4 is 20.7 Å². The fourth-order valence-electron chi connectivity index (χ4n) is 9.48. The number of aliphatic imine (C=N–C) groups is 1. The van der Waals surface area contributed by atoms with E-state index in [0.717, 1.165) is 95.1 Å². The average Bonchev–Trinajstić information content (AvgIpc) is 3.27. The van der Waals surface area contributed by atoms with Crippen molar-refractivity contribution < 1.29 is 14.3 Å². The van der Waals surface area contributed by atoms with Gasteiger partial charge in [-0.3, -0.25) is 4.99 Å². The van der Waals surface area contributed by atoms with Gasteiger partial charge >= 0.3 is 6.09 Å². The fourth-order valence-corrected chi connectivity index (χ4v) is 13.0. The molecule has 8 nitrogen and oxygen atoms in total. The van der Waals surface area contributed by atoms with Crippen molar-refractivity contribution in [1.29, 1.82) is 0 Å². The number of para-hydroxylation sites is 1. The Morgan fingerprint density at radius 3 is 1.82 bits per heavy atom. The van der Waals surface area contributed by atoms with Crippen LogP contribution in [0.25, 0.3) is 0 Å². The lowest BCUT2D eigenvalue weighted by Crippen LogP contribution is -2.49. The van der Waals surface area contributed by atoms with Crippen LogP contribution in [0.2, 0.25) is 0 Å². The molecular weight excluding hydrogens is 774 g/mol. The second-order valence-electron chi connectivity index (χ2n) is 17.9. The van der Waals surface area contributed by atoms with Crippen LogP contribution >= 0.6 is 7.05 Å². The maximum atomic E-state index is 12.7. The highest BCUT2D eigenvalue weighted by Crippen LogP contribution is 2.55. The molecule has 0 radical (unpaired) electrons. The molecule has 1 unspecified atom stereocenters. The molecular formula is C52H54N5O3P. The van der Waals surface area contributed by atoms with Crippen molar-refractivity contribution in [3.8, 4) is 11.5 Å². The number of piperidine rings is 1. The standard InChI is InChI=1S/C52H54N5O3P/c1-51(2,3)60-50(58)57-32-30-52(31-33-57)35-38(36-52)24-27-40-34-46-47(48(55-40)39-25-28-42(29-26-39)59-41-16-8-4-9-17-41)49(54-37-53-46)56-61(43-18-10-5-11-19-43,44-20-12-6-13-21-44)45-22-14-7-15-23-45/h4-23,25-26,28-29,37-38,40H,24,27,30-36H2,1-3H3. The maximum Gasteiger partial charge on any atom is 0.410 e. The Morgan fingerprint density at radius 1 is 0.721 bits per heavy atom. The molecule has 1 amide bonds. The van der Waals surface area contributed by atoms with E-state index in [1.54, 1.807) is 6.33 Å². The normalized spacial score (nSPS) is 17.5. The van der Waals surface area contributed by atoms with E-state index in [1.807, 2.05) is 68.1 Å². The molecule has 1 saturated carbocycles. The summed E-state index contributed by atoms with van der Waals surface area (Å²) in [6, 6.07) is 50.2. The van der Waals surface area contributed by atoms with Crippen molar-refractivity contribution >= 4 is 40.6 Å². The molecule has 2 fully saturated rings. The highest BCUT2D eigenvalue weighted by atomic mass is 31.2. The molecule has 1 aromatic heterocycles. The van der Waals surface area contributed by atoms with E-state index >= 15 is 0 Å². The van der Waals surface area contributed by atoms with Crippen LogP contribution in [0, 0.1) is 11.3 Å². The summed E-state index contributed by atoms with van der Waals surface area (Å²) in [5.74, 6) is 2.87. The number of carbonyl (C=O) groups is 1. The topological polar surface area (TPSA) is 89.3 Å². The minimum atomic E-state index is -2.63. The third-order valence-corrected chi connectivity index (χ3v) is 16.1. The number of carbonyl (C=O) groups excluding carboxylic acids is 1. The molecule has 5 aromatic carbocycles. The van der Waals surface area contributed by atoms with Gasteiger partial charge in [0.2, 0.25) is 0 Å². The molecule has 1 atom stereocenters. The zero-order chi connectivity index (χ0) is 41.9. The predicted molar refractivity (Wildman–Crippen MR) is 247 cm³/mol. The minimum absolute atomic E-state index is 0.0768. The number of fused-ring (bicyclic) bond motifs is 1. The third kappa shape index (κ3) is 8.83. The van der Waals surface area contributed by atoms with Gasteiger partial charge in [-0.1, -0.05) is 109 Å². The Bertz CT molecular complexity index is 2420. The number of ether oxygens (including phenoxy) is 2. The molecule has 3 aliphatic rings. The molecule has 1 saturated heterocycles. The van der Waals surface area contributed by atoms with Crippen molar-refractivity contribution in [2.24, 2.45) is 21.1 Å². The van der Waals surface area contributed by atoms with Crippen molar-refractivity contribution in [3.63, 3.8) is 0 Å². The molecule has 9 heteroatoms. The quantitative estimate of drug-likeness (QED) is 0.128. The summed E-state index contributed by atoms with van der Waals surface area (Å²) in [6.07, 6.45) is 8.87. The summed E-state index contributed by atoms with van der Waals surface area (Å²) >= 11 is 0. The van der Waals surface area contributed by atoms with E-state index in [2.05, 4.69) is 103 Å². The molecule has 1 aliphatic carbocycles. The van der Waals surface area contributed by atoms with Gasteiger partial charge in [0.15, 0.2) is 5.82 Å². The van der Waals surface area contributed by atoms with Gasteiger partial charge in [-0.15, -0.1) is 0 Å². The number of rotatable bonds is 10. The second kappa shape index (κ2) is 17.3. The fraction of sp³-hybridized carbons (Fsp3) is 0.308. The summed E-state index contributed by atoms with van der Waals surface area (Å²) in [4.78, 5) is 30.2. The lowest BCUT2D eigenvalue weighted by Gasteiger charge is -2.52. The number of nitrogens with zero attached hydrogens (tertiary/aromatic N) is 5. The van der Waals surface area contributed by atoms with Gasteiger partial charge in [-0.25, -0.2) is 19.5 Å². The number of aromatic nitrogens is 2. The van der Waals surface area contributed by atoms with E-state index in [9.17, 15) is 4.79 Å². The molecule has 310 valence electrons. The first kappa shape index (κ1) is 40.6. The lowest BCUT2D eigenvalue weighted by molar-refractivity contribution is -0.0298. The van der Waals surface area contributed by atoms with Gasteiger partial charge < -0.3 is 14.4 Å². The predicted octanol–water partition coefficient (Wildman–Crippen LogP) is 11.0. The average molecular weight is 828 g/mol. The Balaban J connectivity index is 1.05. The number of hydrogen-bond acceptors (Lipinski definition) is 7. The second-order valence-corrected chi connectivity index (χ2v) is 20.9. The van der Waals surface area contributed by atoms with Gasteiger partial charge in [0.1, 0.15) is 23.4 Å². The van der Waals surface area contributed by atoms with Gasteiger partial charge in [0.05, 0.1) is 30.1 Å². The summed E-state index contributed by atoms with van der Waals surface area (Å²) < 4.78 is 17.8. The molecule has 2 aliphatic heterocycles. The van der Waals surface area contributed by atoms with Crippen molar-refractivity contribution in [2.75, 3.05) is 13.1 Å². The van der Waals surface area contributed by atoms with Crippen LogP contribution in [0.3, 0.4) is 0 Å². The van der Waals surface area contributed by atoms with Crippen molar-refractivity contribution in [2.45, 2.75) is 77.4 Å². The number of benzene rings is 5. The van der Waals surface area contributed by atoms with Crippen LogP contribution in [0.4, 0.5) is 10.6 Å². The number of likely N-dealkylation sites (tertiary alicyclic amines) is 1. The first-order chi connectivity index (χ1) is 29.7. The monoisotopic (exact) mass is 827 g/mol. The van der Waals surface area contributed by atoms with Gasteiger partial charge in [-0.2, -0.15) is 0 Å². The largest absolute Gasteiger partial charge is 0.457 e. The van der Waals surface area contributed by atoms with E-state index < -0.39 is 12.7 Å². The Kier molecular flexibility index (Phi) is 11.5. The van der Waals surface area contributed by atoms with Crippen molar-refractivity contribution in [3.05, 3.63) is 169 Å². The highest BCUT2D eigenvalue weighted by Gasteiger charge is 2.46. The molecule has 0 N–H and O–H groups in total. The Hall–Kier alpha value is -5.85. The van der Waals surface area contributed by atoms with Crippen LogP contribution in [-0.4, -0.2) is 51.4 Å². The van der Waals surface area contributed by atoms with Crippen molar-refractivity contribution in [1.82, 2.24) is 14.9 Å². The maximum absolute atomic E-state index is 12.7. The van der Waals surface area contributed by atoms with E-state index in [-0.39, 0.29) is 12.1 Å². The summed E-state index contributed by atoms with van der Waals surface area (Å²) in [5, 5.41) is 3.47. The van der Waals surface area contributed by atoms with E-state index in [1.165, 1.54) is 12.8 Å². The minimum Gasteiger partial charge on any atom is -0.457 e. The summed E-state index contributed by atoms with van der Waals surface area (Å²) in [6.45, 7) is 7.34. The molecule has 1 spiro atoms. The molecule has 0 bridgehead atoms. The number of amides is 1. The Morgan fingerprint density at radius 2 is 1.26 bits per heavy atom. The molecule has 6 aromatic rings. The van der Waals surface area contributed by atoms with Crippen LogP contribution in [0.15, 0.2) is 162 Å².